The van der Waals surface area contributed by atoms with Crippen LogP contribution in [0, 0.1) is 12.7 Å². The van der Waals surface area contributed by atoms with E-state index in [-0.39, 0.29) is 51.1 Å². The van der Waals surface area contributed by atoms with Gasteiger partial charge in [0.25, 0.3) is 5.91 Å². The number of hydrogen-bond acceptors (Lipinski definition) is 6. The Bertz CT molecular complexity index is 1890. The fourth-order valence-corrected chi connectivity index (χ4v) is 5.52. The van der Waals surface area contributed by atoms with Crippen molar-refractivity contribution in [2.75, 3.05) is 29.6 Å². The highest BCUT2D eigenvalue weighted by molar-refractivity contribution is 8.15. The van der Waals surface area contributed by atoms with E-state index in [1.807, 2.05) is 0 Å². The van der Waals surface area contributed by atoms with Crippen LogP contribution >= 0.6 is 11.8 Å². The molecule has 9 nitrogen and oxygen atoms in total. The Morgan fingerprint density at radius 1 is 1.00 bits per heavy atom. The molecule has 1 saturated heterocycles. The molecular formula is C34H30F7N5O4S. The van der Waals surface area contributed by atoms with Crippen LogP contribution < -0.4 is 15.5 Å². The smallest absolute Gasteiger partial charge is 0.367 e. The fraction of sp³-hybridized carbons (Fsp3) is 0.265. The molecule has 51 heavy (non-hydrogen) atoms. The molecule has 0 aliphatic carbocycles. The number of thioether (sulfide) groups is 1. The van der Waals surface area contributed by atoms with Crippen molar-refractivity contribution in [3.05, 3.63) is 106 Å². The predicted octanol–water partition coefficient (Wildman–Crippen LogP) is 8.04. The Morgan fingerprint density at radius 3 is 2.29 bits per heavy atom. The summed E-state index contributed by atoms with van der Waals surface area (Å²) < 4.78 is 96.6. The summed E-state index contributed by atoms with van der Waals surface area (Å²) in [6.45, 7) is 1.46. The van der Waals surface area contributed by atoms with Gasteiger partial charge in [0.15, 0.2) is 5.17 Å². The van der Waals surface area contributed by atoms with Crippen molar-refractivity contribution in [1.82, 2.24) is 5.32 Å². The van der Waals surface area contributed by atoms with Crippen LogP contribution in [0.3, 0.4) is 0 Å². The summed E-state index contributed by atoms with van der Waals surface area (Å²) in [5.74, 6) is -2.13. The Labute approximate surface area is 291 Å². The second-order valence-electron chi connectivity index (χ2n) is 10.9. The van der Waals surface area contributed by atoms with E-state index < -0.39 is 54.8 Å². The number of amides is 4. The first-order valence-electron chi connectivity index (χ1n) is 15.0. The molecule has 1 aliphatic rings. The number of alkyl halides is 6. The minimum Gasteiger partial charge on any atom is -0.367 e. The molecule has 0 atom stereocenters. The van der Waals surface area contributed by atoms with Gasteiger partial charge >= 0.3 is 18.4 Å². The quantitative estimate of drug-likeness (QED) is 0.162. The van der Waals surface area contributed by atoms with Crippen LogP contribution in [0.4, 0.5) is 46.9 Å². The Kier molecular flexibility index (Phi) is 12.4. The first kappa shape index (κ1) is 38.8. The van der Waals surface area contributed by atoms with Gasteiger partial charge < -0.3 is 15.4 Å². The van der Waals surface area contributed by atoms with Crippen molar-refractivity contribution < 1.29 is 49.9 Å². The topological polar surface area (TPSA) is 112 Å². The zero-order valence-corrected chi connectivity index (χ0v) is 28.0. The number of carbonyl (C=O) groups excluding carboxylic acids is 3. The summed E-state index contributed by atoms with van der Waals surface area (Å²) in [6, 6.07) is 11.1. The molecule has 1 heterocycles. The van der Waals surface area contributed by atoms with E-state index >= 15 is 4.39 Å². The number of ether oxygens (including phenoxy) is 1. The molecule has 270 valence electrons. The van der Waals surface area contributed by atoms with Crippen molar-refractivity contribution in [2.24, 2.45) is 9.98 Å². The number of nitrogens with one attached hydrogen (secondary N) is 2. The molecular weight excluding hydrogens is 707 g/mol. The number of aliphatic imine (C=N–C) groups is 2. The van der Waals surface area contributed by atoms with Crippen LogP contribution in [-0.2, 0) is 22.3 Å². The van der Waals surface area contributed by atoms with Gasteiger partial charge in [-0.15, -0.1) is 0 Å². The van der Waals surface area contributed by atoms with E-state index in [0.29, 0.717) is 11.3 Å². The lowest BCUT2D eigenvalue weighted by atomic mass is 10.1. The van der Waals surface area contributed by atoms with E-state index in [9.17, 15) is 40.7 Å². The molecule has 4 amide bonds. The normalized spacial score (nSPS) is 15.1. The zero-order valence-electron chi connectivity index (χ0n) is 27.2. The molecule has 17 heteroatoms. The van der Waals surface area contributed by atoms with Crippen LogP contribution in [0.2, 0.25) is 0 Å². The largest absolute Gasteiger partial charge is 0.416 e. The molecule has 3 aromatic rings. The number of urea groups is 1. The van der Waals surface area contributed by atoms with Crippen molar-refractivity contribution in [3.63, 3.8) is 0 Å². The van der Waals surface area contributed by atoms with Crippen molar-refractivity contribution in [3.8, 4) is 0 Å². The van der Waals surface area contributed by atoms with Gasteiger partial charge in [-0.3, -0.25) is 19.5 Å². The van der Waals surface area contributed by atoms with E-state index in [1.165, 1.54) is 31.3 Å². The first-order chi connectivity index (χ1) is 24.0. The summed E-state index contributed by atoms with van der Waals surface area (Å²) in [7, 11) is 1.43. The number of allylic oxidation sites excluding steroid dienone is 2. The highest BCUT2D eigenvalue weighted by Crippen LogP contribution is 2.32. The number of anilines is 2. The summed E-state index contributed by atoms with van der Waals surface area (Å²) >= 11 is 0.914. The number of carbonyl (C=O) groups is 3. The summed E-state index contributed by atoms with van der Waals surface area (Å²) in [6.07, 6.45) is -7.36. The van der Waals surface area contributed by atoms with E-state index in [4.69, 9.17) is 4.74 Å². The van der Waals surface area contributed by atoms with Gasteiger partial charge in [-0.1, -0.05) is 36.9 Å². The summed E-state index contributed by atoms with van der Waals surface area (Å²) in [4.78, 5) is 47.5. The molecule has 0 saturated carbocycles. The number of amidine groups is 1. The Hall–Kier alpha value is -5.03. The number of rotatable bonds is 10. The SMILES string of the molecule is CC/C(=C\C(=NC)c1ccc(NC(=O)/N=C2\SCC(=O)N2c2cc(C)ccc2COCC(F)(F)F)c(F)c1)NC(=O)c1ccc(C(F)(F)F)cc1. The van der Waals surface area contributed by atoms with Gasteiger partial charge in [0.1, 0.15) is 12.4 Å². The monoisotopic (exact) mass is 737 g/mol. The van der Waals surface area contributed by atoms with Gasteiger partial charge in [0, 0.05) is 29.4 Å². The minimum absolute atomic E-state index is 0.00943. The third-order valence-electron chi connectivity index (χ3n) is 7.16. The third kappa shape index (κ3) is 10.5. The van der Waals surface area contributed by atoms with E-state index in [2.05, 4.69) is 20.6 Å². The fourth-order valence-electron chi connectivity index (χ4n) is 4.67. The molecule has 0 unspecified atom stereocenters. The first-order valence-corrected chi connectivity index (χ1v) is 16.0. The number of aryl methyl sites for hydroxylation is 1. The highest BCUT2D eigenvalue weighted by Gasteiger charge is 2.33. The predicted molar refractivity (Wildman–Crippen MR) is 179 cm³/mol. The molecule has 1 aliphatic heterocycles. The van der Waals surface area contributed by atoms with Crippen LogP contribution in [0.1, 0.15) is 46.0 Å². The standard InChI is InChI=1S/C34H30F7N5O4S/c1-4-24(43-30(48)20-7-10-23(11-8-20)34(39,40)41)15-27(42-3)21-9-12-26(25(35)14-21)44-31(49)45-32-46(29(47)17-51-32)28-13-19(2)5-6-22(28)16-50-18-33(36,37)38/h5-15H,4,16-18H2,1-3H3,(H,43,48)(H,44,49)/b24-15+,42-27?,45-32-. The zero-order chi connectivity index (χ0) is 37.5. The summed E-state index contributed by atoms with van der Waals surface area (Å²) in [5, 5.41) is 4.85. The average molecular weight is 738 g/mol. The van der Waals surface area contributed by atoms with Gasteiger partial charge in [0.2, 0.25) is 5.91 Å². The average Bonchev–Trinajstić information content (AvgIpc) is 3.42. The highest BCUT2D eigenvalue weighted by atomic mass is 32.2. The van der Waals surface area contributed by atoms with Gasteiger partial charge in [-0.2, -0.15) is 31.3 Å². The molecule has 0 bridgehead atoms. The van der Waals surface area contributed by atoms with Crippen LogP contribution in [0.5, 0.6) is 0 Å². The molecule has 1 fully saturated rings. The van der Waals surface area contributed by atoms with Crippen LogP contribution in [0.15, 0.2) is 82.4 Å². The van der Waals surface area contributed by atoms with Gasteiger partial charge in [-0.25, -0.2) is 9.18 Å². The van der Waals surface area contributed by atoms with E-state index in [0.717, 1.165) is 47.0 Å². The maximum Gasteiger partial charge on any atom is 0.416 e. The second-order valence-corrected chi connectivity index (χ2v) is 11.9. The lowest BCUT2D eigenvalue weighted by molar-refractivity contribution is -0.176. The Morgan fingerprint density at radius 2 is 1.69 bits per heavy atom. The molecule has 2 N–H and O–H groups in total. The van der Waals surface area contributed by atoms with Crippen LogP contribution in [0.25, 0.3) is 0 Å². The maximum absolute atomic E-state index is 15.2. The number of benzene rings is 3. The van der Waals surface area contributed by atoms with Gasteiger partial charge in [-0.05, 0) is 67.4 Å². The lowest BCUT2D eigenvalue weighted by Crippen LogP contribution is -2.31. The van der Waals surface area contributed by atoms with Crippen molar-refractivity contribution >= 4 is 51.9 Å². The van der Waals surface area contributed by atoms with Crippen molar-refractivity contribution in [1.29, 1.82) is 0 Å². The van der Waals surface area contributed by atoms with Crippen molar-refractivity contribution in [2.45, 2.75) is 39.2 Å². The number of hydrogen-bond donors (Lipinski definition) is 2. The third-order valence-corrected chi connectivity index (χ3v) is 8.08. The Balaban J connectivity index is 1.48. The number of nitrogens with zero attached hydrogens (tertiary/aromatic N) is 3. The lowest BCUT2D eigenvalue weighted by Gasteiger charge is -2.21. The number of halogens is 7. The second kappa shape index (κ2) is 16.3. The molecule has 3 aromatic carbocycles. The molecule has 0 aromatic heterocycles. The minimum atomic E-state index is -4.55. The molecule has 0 spiro atoms. The van der Waals surface area contributed by atoms with Gasteiger partial charge in [0.05, 0.1) is 35.0 Å². The summed E-state index contributed by atoms with van der Waals surface area (Å²) in [5.41, 5.74) is 0.782. The molecule has 0 radical (unpaired) electrons. The molecule has 4 rings (SSSR count). The van der Waals surface area contributed by atoms with E-state index in [1.54, 1.807) is 26.0 Å². The van der Waals surface area contributed by atoms with Crippen LogP contribution in [-0.4, -0.2) is 54.3 Å². The maximum atomic E-state index is 15.2.